The summed E-state index contributed by atoms with van der Waals surface area (Å²) in [5.74, 6) is 0.609. The monoisotopic (exact) mass is 351 g/mol. The van der Waals surface area contributed by atoms with Crippen molar-refractivity contribution in [3.63, 3.8) is 0 Å². The van der Waals surface area contributed by atoms with Gasteiger partial charge in [-0.15, -0.1) is 11.3 Å². The number of benzene rings is 2. The van der Waals surface area contributed by atoms with Crippen LogP contribution in [0.3, 0.4) is 0 Å². The van der Waals surface area contributed by atoms with Crippen molar-refractivity contribution in [1.82, 2.24) is 14.5 Å². The first-order valence-corrected chi connectivity index (χ1v) is 9.40. The summed E-state index contributed by atoms with van der Waals surface area (Å²) in [7, 11) is 0. The van der Waals surface area contributed by atoms with Crippen molar-refractivity contribution in [2.75, 3.05) is 6.26 Å². The molecule has 0 aliphatic rings. The molecule has 0 N–H and O–H groups in total. The van der Waals surface area contributed by atoms with Crippen LogP contribution in [0.25, 0.3) is 27.4 Å². The first-order valence-electron chi connectivity index (χ1n) is 7.36. The third-order valence-electron chi connectivity index (χ3n) is 3.63. The second-order valence-corrected chi connectivity index (χ2v) is 7.17. The van der Waals surface area contributed by atoms with Crippen molar-refractivity contribution in [1.29, 1.82) is 0 Å². The Kier molecular flexibility index (Phi) is 3.92. The summed E-state index contributed by atoms with van der Waals surface area (Å²) in [6, 6.07) is 19.3. The topological polar surface area (TPSA) is 47.8 Å². The van der Waals surface area contributed by atoms with Crippen LogP contribution in [-0.4, -0.2) is 20.8 Å². The van der Waals surface area contributed by atoms with Crippen LogP contribution in [0.5, 0.6) is 0 Å². The lowest BCUT2D eigenvalue weighted by molar-refractivity contribution is 0.973. The van der Waals surface area contributed by atoms with Gasteiger partial charge in [0.2, 0.25) is 0 Å². The molecule has 6 heteroatoms. The van der Waals surface area contributed by atoms with Crippen LogP contribution < -0.4 is 5.56 Å². The molecule has 2 aromatic carbocycles. The van der Waals surface area contributed by atoms with E-state index < -0.39 is 0 Å². The highest BCUT2D eigenvalue weighted by atomic mass is 32.2. The number of aromatic nitrogens is 3. The predicted octanol–water partition coefficient (Wildman–Crippen LogP) is 4.23. The molecule has 118 valence electrons. The van der Waals surface area contributed by atoms with Gasteiger partial charge in [-0.05, 0) is 18.4 Å². The summed E-state index contributed by atoms with van der Waals surface area (Å²) in [5, 5.41) is 0. The van der Waals surface area contributed by atoms with Crippen LogP contribution in [0.15, 0.2) is 69.8 Å². The van der Waals surface area contributed by atoms with Crippen LogP contribution in [0.4, 0.5) is 0 Å². The molecule has 2 aromatic heterocycles. The van der Waals surface area contributed by atoms with E-state index in [1.54, 1.807) is 4.57 Å². The lowest BCUT2D eigenvalue weighted by Crippen LogP contribution is -2.21. The van der Waals surface area contributed by atoms with Gasteiger partial charge in [0.1, 0.15) is 10.5 Å². The lowest BCUT2D eigenvalue weighted by atomic mass is 10.2. The smallest absolute Gasteiger partial charge is 0.267 e. The van der Waals surface area contributed by atoms with E-state index in [0.29, 0.717) is 16.2 Å². The summed E-state index contributed by atoms with van der Waals surface area (Å²) in [5.41, 5.74) is 2.12. The Morgan fingerprint density at radius 3 is 2.29 bits per heavy atom. The highest BCUT2D eigenvalue weighted by molar-refractivity contribution is 8.00. The molecule has 0 fully saturated rings. The molecule has 0 spiro atoms. The molecule has 24 heavy (non-hydrogen) atoms. The molecule has 0 aliphatic carbocycles. The number of hydrogen-bond donors (Lipinski definition) is 0. The standard InChI is InChI=1S/C18H13N3OS2/c1-23-18-20-15-14(24-18)17(22)21(13-10-6-3-7-11-13)16(19-15)12-8-4-2-5-9-12/h2-11H,1H3. The molecule has 0 amide bonds. The molecule has 0 atom stereocenters. The second kappa shape index (κ2) is 6.22. The SMILES string of the molecule is CSc1nc2nc(-c3ccccc3)n(-c3ccccc3)c(=O)c2s1. The van der Waals surface area contributed by atoms with Crippen LogP contribution in [0, 0.1) is 0 Å². The average molecular weight is 351 g/mol. The van der Waals surface area contributed by atoms with E-state index in [9.17, 15) is 4.79 Å². The minimum absolute atomic E-state index is 0.0807. The maximum absolute atomic E-state index is 13.1. The van der Waals surface area contributed by atoms with Gasteiger partial charge in [0.25, 0.3) is 5.56 Å². The maximum atomic E-state index is 13.1. The van der Waals surface area contributed by atoms with Gasteiger partial charge in [0.05, 0.1) is 5.69 Å². The fraction of sp³-hybridized carbons (Fsp3) is 0.0556. The molecule has 0 aliphatic heterocycles. The highest BCUT2D eigenvalue weighted by Gasteiger charge is 2.17. The van der Waals surface area contributed by atoms with E-state index in [1.165, 1.54) is 23.1 Å². The average Bonchev–Trinajstić information content (AvgIpc) is 3.07. The largest absolute Gasteiger partial charge is 0.278 e. The van der Waals surface area contributed by atoms with Gasteiger partial charge in [-0.2, -0.15) is 0 Å². The Morgan fingerprint density at radius 1 is 0.958 bits per heavy atom. The van der Waals surface area contributed by atoms with Crippen molar-refractivity contribution < 1.29 is 0 Å². The number of hydrogen-bond acceptors (Lipinski definition) is 5. The van der Waals surface area contributed by atoms with Crippen LogP contribution in [0.1, 0.15) is 0 Å². The van der Waals surface area contributed by atoms with E-state index >= 15 is 0 Å². The summed E-state index contributed by atoms with van der Waals surface area (Å²) < 4.78 is 3.10. The van der Waals surface area contributed by atoms with Crippen molar-refractivity contribution in [2.45, 2.75) is 4.34 Å². The number of para-hydroxylation sites is 1. The third kappa shape index (κ3) is 2.53. The molecule has 2 heterocycles. The maximum Gasteiger partial charge on any atom is 0.278 e. The number of rotatable bonds is 3. The van der Waals surface area contributed by atoms with Crippen LogP contribution in [-0.2, 0) is 0 Å². The zero-order chi connectivity index (χ0) is 16.5. The Hall–Kier alpha value is -2.44. The van der Waals surface area contributed by atoms with Crippen LogP contribution in [0.2, 0.25) is 0 Å². The van der Waals surface area contributed by atoms with E-state index in [0.717, 1.165) is 15.6 Å². The molecular formula is C18H13N3OS2. The van der Waals surface area contributed by atoms with E-state index in [1.807, 2.05) is 66.9 Å². The molecule has 0 unspecified atom stereocenters. The number of thiazole rings is 1. The second-order valence-electron chi connectivity index (χ2n) is 5.11. The summed E-state index contributed by atoms with van der Waals surface area (Å²) in [6.45, 7) is 0. The van der Waals surface area contributed by atoms with E-state index in [4.69, 9.17) is 4.98 Å². The third-order valence-corrected chi connectivity index (χ3v) is 5.65. The Morgan fingerprint density at radius 2 is 1.62 bits per heavy atom. The predicted molar refractivity (Wildman–Crippen MR) is 100 cm³/mol. The summed E-state index contributed by atoms with van der Waals surface area (Å²) in [4.78, 5) is 22.3. The first-order chi connectivity index (χ1) is 11.8. The first kappa shape index (κ1) is 15.1. The zero-order valence-corrected chi connectivity index (χ0v) is 14.5. The molecule has 0 saturated carbocycles. The number of nitrogens with zero attached hydrogens (tertiary/aromatic N) is 3. The molecule has 0 bridgehead atoms. The molecule has 4 rings (SSSR count). The Bertz CT molecular complexity index is 1060. The Labute approximate surface area is 146 Å². The van der Waals surface area contributed by atoms with Gasteiger partial charge in [-0.25, -0.2) is 9.97 Å². The fourth-order valence-corrected chi connectivity index (χ4v) is 3.97. The highest BCUT2D eigenvalue weighted by Crippen LogP contribution is 2.28. The van der Waals surface area contributed by atoms with E-state index in [2.05, 4.69) is 4.98 Å². The van der Waals surface area contributed by atoms with Gasteiger partial charge in [0, 0.05) is 5.56 Å². The van der Waals surface area contributed by atoms with Crippen molar-refractivity contribution in [3.8, 4) is 17.1 Å². The normalized spacial score (nSPS) is 11.0. The van der Waals surface area contributed by atoms with Gasteiger partial charge >= 0.3 is 0 Å². The summed E-state index contributed by atoms with van der Waals surface area (Å²) in [6.07, 6.45) is 1.95. The number of fused-ring (bicyclic) bond motifs is 1. The van der Waals surface area contributed by atoms with E-state index in [-0.39, 0.29) is 5.56 Å². The summed E-state index contributed by atoms with van der Waals surface area (Å²) >= 11 is 2.92. The number of thioether (sulfide) groups is 1. The zero-order valence-electron chi connectivity index (χ0n) is 12.8. The van der Waals surface area contributed by atoms with Gasteiger partial charge in [0.15, 0.2) is 9.99 Å². The minimum atomic E-state index is -0.0807. The lowest BCUT2D eigenvalue weighted by Gasteiger charge is -2.12. The molecule has 0 radical (unpaired) electrons. The van der Waals surface area contributed by atoms with Gasteiger partial charge in [-0.3, -0.25) is 9.36 Å². The Balaban J connectivity index is 2.10. The molecule has 0 saturated heterocycles. The molecular weight excluding hydrogens is 338 g/mol. The molecule has 4 aromatic rings. The van der Waals surface area contributed by atoms with Crippen molar-refractivity contribution in [2.24, 2.45) is 0 Å². The minimum Gasteiger partial charge on any atom is -0.267 e. The van der Waals surface area contributed by atoms with Crippen molar-refractivity contribution >= 4 is 33.4 Å². The van der Waals surface area contributed by atoms with Gasteiger partial charge < -0.3 is 0 Å². The van der Waals surface area contributed by atoms with Crippen molar-refractivity contribution in [3.05, 3.63) is 71.0 Å². The van der Waals surface area contributed by atoms with Crippen LogP contribution >= 0.6 is 23.1 Å². The van der Waals surface area contributed by atoms with Gasteiger partial charge in [-0.1, -0.05) is 60.3 Å². The molecule has 4 nitrogen and oxygen atoms in total. The fourth-order valence-electron chi connectivity index (χ4n) is 2.54. The quantitative estimate of drug-likeness (QED) is 0.518.